The average molecular weight is 561 g/mol. The van der Waals surface area contributed by atoms with Crippen molar-refractivity contribution in [3.8, 4) is 17.6 Å². The first-order valence-corrected chi connectivity index (χ1v) is 13.9. The highest BCUT2D eigenvalue weighted by Gasteiger charge is 2.33. The van der Waals surface area contributed by atoms with Crippen LogP contribution in [0.1, 0.15) is 68.9 Å². The fourth-order valence-corrected chi connectivity index (χ4v) is 5.00. The van der Waals surface area contributed by atoms with E-state index in [0.717, 1.165) is 32.1 Å². The molecule has 0 bridgehead atoms. The molecule has 0 aliphatic heterocycles. The van der Waals surface area contributed by atoms with Crippen molar-refractivity contribution in [2.45, 2.75) is 69.3 Å². The number of fused-ring (bicyclic) bond motifs is 1. The number of methoxy groups -OCH3 is 1. The van der Waals surface area contributed by atoms with E-state index >= 15 is 0 Å². The Hall–Kier alpha value is -3.32. The maximum absolute atomic E-state index is 13.5. The largest absolute Gasteiger partial charge is 0.495 e. The Kier molecular flexibility index (Phi) is 11.0. The molecule has 39 heavy (non-hydrogen) atoms. The van der Waals surface area contributed by atoms with Crippen LogP contribution >= 0.6 is 11.8 Å². The van der Waals surface area contributed by atoms with Crippen LogP contribution in [-0.4, -0.2) is 41.1 Å². The van der Waals surface area contributed by atoms with Crippen molar-refractivity contribution in [3.05, 3.63) is 47.7 Å². The number of thioether (sulfide) groups is 1. The number of halogens is 3. The van der Waals surface area contributed by atoms with E-state index in [2.05, 4.69) is 48.3 Å². The van der Waals surface area contributed by atoms with E-state index in [9.17, 15) is 18.0 Å². The first-order chi connectivity index (χ1) is 18.6. The summed E-state index contributed by atoms with van der Waals surface area (Å²) >= 11 is -0.204. The smallest absolute Gasteiger partial charge is 0.446 e. The second-order valence-electron chi connectivity index (χ2n) is 9.63. The number of carbonyl (C=O) groups is 1. The number of aldehydes is 1. The van der Waals surface area contributed by atoms with Gasteiger partial charge in [0, 0.05) is 11.6 Å². The number of rotatable bonds is 13. The molecule has 6 nitrogen and oxygen atoms in total. The molecule has 210 valence electrons. The topological polar surface area (TPSA) is 67.7 Å². The Morgan fingerprint density at radius 3 is 2.67 bits per heavy atom. The van der Waals surface area contributed by atoms with Gasteiger partial charge < -0.3 is 15.4 Å². The third kappa shape index (κ3) is 8.85. The highest BCUT2D eigenvalue weighted by atomic mass is 32.2. The Morgan fingerprint density at radius 1 is 1.21 bits per heavy atom. The molecule has 0 saturated heterocycles. The molecule has 0 radical (unpaired) electrons. The molecule has 0 aliphatic rings. The second kappa shape index (κ2) is 14.2. The number of nitrogens with one attached hydrogen (secondary N) is 2. The maximum atomic E-state index is 13.5. The molecule has 2 heterocycles. The summed E-state index contributed by atoms with van der Waals surface area (Å²) < 4.78 is 47.4. The lowest BCUT2D eigenvalue weighted by Gasteiger charge is -2.22. The number of pyridine rings is 1. The Bertz CT molecular complexity index is 1310. The predicted molar refractivity (Wildman–Crippen MR) is 152 cm³/mol. The Morgan fingerprint density at radius 2 is 2.00 bits per heavy atom. The normalized spacial score (nSPS) is 12.2. The molecule has 3 rings (SSSR count). The summed E-state index contributed by atoms with van der Waals surface area (Å²) in [5, 5.41) is 11.1. The zero-order valence-electron chi connectivity index (χ0n) is 22.7. The minimum atomic E-state index is -4.49. The molecule has 0 aliphatic carbocycles. The van der Waals surface area contributed by atoms with Gasteiger partial charge in [-0.1, -0.05) is 52.0 Å². The van der Waals surface area contributed by atoms with Gasteiger partial charge in [0.05, 0.1) is 29.8 Å². The van der Waals surface area contributed by atoms with Crippen molar-refractivity contribution in [2.24, 2.45) is 5.92 Å². The molecule has 3 aromatic rings. The molecular formula is C29H35F3N4O2S. The van der Waals surface area contributed by atoms with Gasteiger partial charge in [0.25, 0.3) is 0 Å². The molecule has 1 unspecified atom stereocenters. The molecule has 2 N–H and O–H groups in total. The highest BCUT2D eigenvalue weighted by molar-refractivity contribution is 8.00. The third-order valence-electron chi connectivity index (χ3n) is 6.03. The molecule has 1 aromatic carbocycles. The molecule has 0 amide bonds. The van der Waals surface area contributed by atoms with E-state index in [1.54, 1.807) is 30.3 Å². The van der Waals surface area contributed by atoms with E-state index in [0.29, 0.717) is 40.5 Å². The average Bonchev–Trinajstić information content (AvgIpc) is 3.23. The summed E-state index contributed by atoms with van der Waals surface area (Å²) in [5.74, 6) is 7.28. The van der Waals surface area contributed by atoms with Crippen molar-refractivity contribution in [1.82, 2.24) is 9.61 Å². The van der Waals surface area contributed by atoms with Gasteiger partial charge in [-0.05, 0) is 66.8 Å². The first-order valence-electron chi connectivity index (χ1n) is 13.0. The number of ether oxygens (including phenoxy) is 1. The van der Waals surface area contributed by atoms with Crippen molar-refractivity contribution in [3.63, 3.8) is 0 Å². The van der Waals surface area contributed by atoms with Gasteiger partial charge >= 0.3 is 5.51 Å². The number of hydrogen-bond acceptors (Lipinski definition) is 6. The van der Waals surface area contributed by atoms with Gasteiger partial charge in [-0.15, -0.1) is 0 Å². The Labute approximate surface area is 232 Å². The number of alkyl halides is 3. The van der Waals surface area contributed by atoms with Crippen molar-refractivity contribution < 1.29 is 22.7 Å². The molecule has 10 heteroatoms. The van der Waals surface area contributed by atoms with Crippen LogP contribution in [0.2, 0.25) is 0 Å². The third-order valence-corrected chi connectivity index (χ3v) is 6.87. The molecule has 0 fully saturated rings. The van der Waals surface area contributed by atoms with Gasteiger partial charge in [-0.2, -0.15) is 18.3 Å². The molecule has 1 atom stereocenters. The monoisotopic (exact) mass is 560 g/mol. The number of nitrogens with zero attached hydrogens (tertiary/aromatic N) is 2. The van der Waals surface area contributed by atoms with Crippen LogP contribution in [0, 0.1) is 17.8 Å². The van der Waals surface area contributed by atoms with E-state index in [1.165, 1.54) is 11.6 Å². The molecule has 2 aromatic heterocycles. The molecule has 0 saturated carbocycles. The first kappa shape index (κ1) is 30.2. The number of anilines is 2. The van der Waals surface area contributed by atoms with Crippen LogP contribution in [-0.2, 0) is 0 Å². The lowest BCUT2D eigenvalue weighted by molar-refractivity contribution is -0.0327. The summed E-state index contributed by atoms with van der Waals surface area (Å²) in [6, 6.07) is 10.3. The summed E-state index contributed by atoms with van der Waals surface area (Å²) in [7, 11) is 1.49. The van der Waals surface area contributed by atoms with E-state index in [1.807, 2.05) is 6.07 Å². The zero-order valence-corrected chi connectivity index (χ0v) is 23.5. The van der Waals surface area contributed by atoms with Gasteiger partial charge in [0.2, 0.25) is 0 Å². The fourth-order valence-electron chi connectivity index (χ4n) is 4.32. The zero-order chi connectivity index (χ0) is 28.4. The van der Waals surface area contributed by atoms with Crippen LogP contribution in [0.4, 0.5) is 24.7 Å². The number of carbonyl (C=O) groups excluding carboxylic acids is 1. The number of hydrogen-bond donors (Lipinski definition) is 2. The van der Waals surface area contributed by atoms with E-state index in [-0.39, 0.29) is 34.9 Å². The summed E-state index contributed by atoms with van der Waals surface area (Å²) in [6.07, 6.45) is 5.97. The van der Waals surface area contributed by atoms with E-state index < -0.39 is 5.51 Å². The lowest BCUT2D eigenvalue weighted by atomic mass is 9.98. The van der Waals surface area contributed by atoms with Gasteiger partial charge in [0.15, 0.2) is 0 Å². The van der Waals surface area contributed by atoms with Gasteiger partial charge in [0.1, 0.15) is 23.5 Å². The highest BCUT2D eigenvalue weighted by Crippen LogP contribution is 2.41. The van der Waals surface area contributed by atoms with E-state index in [4.69, 9.17) is 4.74 Å². The molecule has 0 spiro atoms. The van der Waals surface area contributed by atoms with Crippen LogP contribution in [0.3, 0.4) is 0 Å². The van der Waals surface area contributed by atoms with Crippen molar-refractivity contribution >= 4 is 35.1 Å². The van der Waals surface area contributed by atoms with Crippen molar-refractivity contribution in [2.75, 3.05) is 24.3 Å². The second-order valence-corrected chi connectivity index (χ2v) is 10.7. The predicted octanol–water partition coefficient (Wildman–Crippen LogP) is 7.64. The standard InChI is InChI=1S/C29H35F3N4O2S/c1-5-6-7-10-22(17-20(2)3)34-27-13-8-12-25-28(39-29(30,31)32)24(35-36(25)27)11-9-16-33-23-15-14-21(19-37)18-26(23)38-4/h8,12-15,18-20,22,33-34H,5-7,10,16-17H2,1-4H3. The summed E-state index contributed by atoms with van der Waals surface area (Å²) in [4.78, 5) is 11.0. The SMILES string of the molecule is CCCCCC(CC(C)C)Nc1cccc2c(SC(F)(F)F)c(C#CCNc3ccc(C=O)cc3OC)nn12. The number of aromatic nitrogens is 2. The summed E-state index contributed by atoms with van der Waals surface area (Å²) in [6.45, 7) is 6.62. The Balaban J connectivity index is 1.90. The van der Waals surface area contributed by atoms with Gasteiger partial charge in [-0.25, -0.2) is 4.52 Å². The van der Waals surface area contributed by atoms with Crippen LogP contribution in [0.25, 0.3) is 5.52 Å². The van der Waals surface area contributed by atoms with Crippen LogP contribution < -0.4 is 15.4 Å². The fraction of sp³-hybridized carbons (Fsp3) is 0.448. The number of benzene rings is 1. The quantitative estimate of drug-likeness (QED) is 0.0969. The van der Waals surface area contributed by atoms with Crippen LogP contribution in [0.5, 0.6) is 5.75 Å². The lowest BCUT2D eigenvalue weighted by Crippen LogP contribution is -2.23. The minimum Gasteiger partial charge on any atom is -0.495 e. The maximum Gasteiger partial charge on any atom is 0.446 e. The van der Waals surface area contributed by atoms with Crippen molar-refractivity contribution in [1.29, 1.82) is 0 Å². The molecular weight excluding hydrogens is 525 g/mol. The number of unbranched alkanes of at least 4 members (excludes halogenated alkanes) is 2. The van der Waals surface area contributed by atoms with Gasteiger partial charge in [-0.3, -0.25) is 4.79 Å². The van der Waals surface area contributed by atoms with Crippen LogP contribution in [0.15, 0.2) is 41.3 Å². The minimum absolute atomic E-state index is 0.0297. The summed E-state index contributed by atoms with van der Waals surface area (Å²) in [5.41, 5.74) is -3.00.